The van der Waals surface area contributed by atoms with Gasteiger partial charge in [-0.1, -0.05) is 39.8 Å². The van der Waals surface area contributed by atoms with Gasteiger partial charge in [-0.05, 0) is 23.1 Å². The van der Waals surface area contributed by atoms with Crippen molar-refractivity contribution in [1.82, 2.24) is 0 Å². The third kappa shape index (κ3) is 4.69. The molecule has 1 aromatic carbocycles. The number of nitrogens with one attached hydrogen (secondary N) is 1. The van der Waals surface area contributed by atoms with Crippen molar-refractivity contribution >= 4 is 15.5 Å². The first-order valence-electron chi connectivity index (χ1n) is 6.29. The minimum Gasteiger partial charge on any atom is -0.384 e. The summed E-state index contributed by atoms with van der Waals surface area (Å²) < 4.78 is 22.7. The lowest BCUT2D eigenvalue weighted by atomic mass is 9.87. The van der Waals surface area contributed by atoms with Crippen LogP contribution in [-0.2, 0) is 15.3 Å². The van der Waals surface area contributed by atoms with Crippen molar-refractivity contribution in [3.8, 4) is 0 Å². The van der Waals surface area contributed by atoms with Crippen LogP contribution < -0.4 is 5.32 Å². The molecule has 0 spiro atoms. The van der Waals surface area contributed by atoms with Gasteiger partial charge in [0.05, 0.1) is 5.75 Å². The average molecular weight is 269 g/mol. The second kappa shape index (κ2) is 5.74. The Bertz CT molecular complexity index is 470. The van der Waals surface area contributed by atoms with E-state index in [0.717, 1.165) is 5.69 Å². The van der Waals surface area contributed by atoms with Gasteiger partial charge in [0.2, 0.25) is 0 Å². The zero-order valence-electron chi connectivity index (χ0n) is 11.7. The van der Waals surface area contributed by atoms with E-state index in [9.17, 15) is 8.42 Å². The van der Waals surface area contributed by atoms with E-state index >= 15 is 0 Å². The van der Waals surface area contributed by atoms with Crippen LogP contribution in [0.2, 0.25) is 0 Å². The van der Waals surface area contributed by atoms with Crippen LogP contribution in [0, 0.1) is 0 Å². The highest BCUT2D eigenvalue weighted by Gasteiger charge is 2.12. The monoisotopic (exact) mass is 269 g/mol. The lowest BCUT2D eigenvalue weighted by Crippen LogP contribution is -2.17. The molecule has 0 aliphatic rings. The van der Waals surface area contributed by atoms with E-state index in [1.807, 2.05) is 12.1 Å². The predicted molar refractivity (Wildman–Crippen MR) is 78.0 cm³/mol. The Kier molecular flexibility index (Phi) is 4.79. The van der Waals surface area contributed by atoms with Gasteiger partial charge in [-0.2, -0.15) is 0 Å². The van der Waals surface area contributed by atoms with Crippen LogP contribution >= 0.6 is 0 Å². The summed E-state index contributed by atoms with van der Waals surface area (Å²) >= 11 is 0. The predicted octanol–water partition coefficient (Wildman–Crippen LogP) is 2.83. The zero-order valence-corrected chi connectivity index (χ0v) is 12.5. The molecule has 0 atom stereocenters. The summed E-state index contributed by atoms with van der Waals surface area (Å²) in [6.45, 7) is 8.65. The number of hydrogen-bond donors (Lipinski definition) is 1. The van der Waals surface area contributed by atoms with E-state index in [2.05, 4.69) is 38.2 Å². The van der Waals surface area contributed by atoms with Gasteiger partial charge in [-0.3, -0.25) is 0 Å². The average Bonchev–Trinajstić information content (AvgIpc) is 2.28. The highest BCUT2D eigenvalue weighted by molar-refractivity contribution is 7.91. The van der Waals surface area contributed by atoms with E-state index < -0.39 is 9.84 Å². The minimum atomic E-state index is -2.88. The Morgan fingerprint density at radius 3 is 2.11 bits per heavy atom. The van der Waals surface area contributed by atoms with Crippen molar-refractivity contribution in [3.05, 3.63) is 29.8 Å². The number of rotatable bonds is 5. The summed E-state index contributed by atoms with van der Waals surface area (Å²) in [4.78, 5) is 0. The van der Waals surface area contributed by atoms with E-state index in [0.29, 0.717) is 6.54 Å². The van der Waals surface area contributed by atoms with Crippen LogP contribution in [0.5, 0.6) is 0 Å². The maximum absolute atomic E-state index is 11.3. The fraction of sp³-hybridized carbons (Fsp3) is 0.571. The van der Waals surface area contributed by atoms with E-state index in [1.54, 1.807) is 6.92 Å². The summed E-state index contributed by atoms with van der Waals surface area (Å²) in [5.74, 6) is 0.391. The standard InChI is InChI=1S/C14H23NO2S/c1-5-18(16,17)11-10-15-13-8-6-12(7-9-13)14(2,3)4/h6-9,15H,5,10-11H2,1-4H3. The molecule has 0 aromatic heterocycles. The number of sulfone groups is 1. The van der Waals surface area contributed by atoms with Gasteiger partial charge in [-0.25, -0.2) is 8.42 Å². The van der Waals surface area contributed by atoms with Crippen LogP contribution in [0.3, 0.4) is 0 Å². The number of benzene rings is 1. The first kappa shape index (κ1) is 15.0. The van der Waals surface area contributed by atoms with E-state index in [-0.39, 0.29) is 16.9 Å². The summed E-state index contributed by atoms with van der Waals surface area (Å²) in [6.07, 6.45) is 0. The van der Waals surface area contributed by atoms with Gasteiger partial charge in [0.1, 0.15) is 0 Å². The summed E-state index contributed by atoms with van der Waals surface area (Å²) in [5, 5.41) is 3.13. The van der Waals surface area contributed by atoms with Gasteiger partial charge in [0.25, 0.3) is 0 Å². The quantitative estimate of drug-likeness (QED) is 0.894. The smallest absolute Gasteiger partial charge is 0.151 e. The van der Waals surface area contributed by atoms with Crippen LogP contribution in [0.4, 0.5) is 5.69 Å². The Morgan fingerprint density at radius 1 is 1.11 bits per heavy atom. The van der Waals surface area contributed by atoms with Crippen molar-refractivity contribution in [3.63, 3.8) is 0 Å². The van der Waals surface area contributed by atoms with Gasteiger partial charge >= 0.3 is 0 Å². The third-order valence-corrected chi connectivity index (χ3v) is 4.64. The van der Waals surface area contributed by atoms with E-state index in [4.69, 9.17) is 0 Å². The second-order valence-corrected chi connectivity index (χ2v) is 7.96. The van der Waals surface area contributed by atoms with Crippen molar-refractivity contribution in [2.75, 3.05) is 23.4 Å². The summed E-state index contributed by atoms with van der Waals surface area (Å²) in [7, 11) is -2.88. The molecule has 3 nitrogen and oxygen atoms in total. The zero-order chi connectivity index (χ0) is 13.8. The van der Waals surface area contributed by atoms with E-state index in [1.165, 1.54) is 5.56 Å². The molecule has 1 rings (SSSR count). The maximum Gasteiger partial charge on any atom is 0.151 e. The van der Waals surface area contributed by atoms with Crippen molar-refractivity contribution in [2.24, 2.45) is 0 Å². The molecule has 102 valence electrons. The molecule has 0 bridgehead atoms. The van der Waals surface area contributed by atoms with Crippen molar-refractivity contribution in [1.29, 1.82) is 0 Å². The van der Waals surface area contributed by atoms with Gasteiger partial charge < -0.3 is 5.32 Å². The van der Waals surface area contributed by atoms with Crippen LogP contribution in [0.1, 0.15) is 33.3 Å². The first-order valence-corrected chi connectivity index (χ1v) is 8.11. The lowest BCUT2D eigenvalue weighted by molar-refractivity contribution is 0.590. The SMILES string of the molecule is CCS(=O)(=O)CCNc1ccc(C(C)(C)C)cc1. The molecule has 0 aliphatic heterocycles. The van der Waals surface area contributed by atoms with Gasteiger partial charge in [0, 0.05) is 18.0 Å². The fourth-order valence-corrected chi connectivity index (χ4v) is 2.29. The summed E-state index contributed by atoms with van der Waals surface area (Å²) in [6, 6.07) is 8.16. The molecule has 0 radical (unpaired) electrons. The molecule has 0 saturated heterocycles. The van der Waals surface area contributed by atoms with Crippen LogP contribution in [0.25, 0.3) is 0 Å². The normalized spacial score (nSPS) is 12.4. The molecular weight excluding hydrogens is 246 g/mol. The van der Waals surface area contributed by atoms with Crippen molar-refractivity contribution < 1.29 is 8.42 Å². The maximum atomic E-state index is 11.3. The summed E-state index contributed by atoms with van der Waals surface area (Å²) in [5.41, 5.74) is 2.38. The number of hydrogen-bond acceptors (Lipinski definition) is 3. The fourth-order valence-electron chi connectivity index (χ4n) is 1.58. The molecular formula is C14H23NO2S. The highest BCUT2D eigenvalue weighted by Crippen LogP contribution is 2.23. The molecule has 0 saturated carbocycles. The lowest BCUT2D eigenvalue weighted by Gasteiger charge is -2.19. The Hall–Kier alpha value is -1.03. The molecule has 0 amide bonds. The Morgan fingerprint density at radius 2 is 1.67 bits per heavy atom. The molecule has 1 N–H and O–H groups in total. The Labute approximate surface area is 111 Å². The molecule has 4 heteroatoms. The number of anilines is 1. The molecule has 0 heterocycles. The third-order valence-electron chi connectivity index (χ3n) is 2.93. The van der Waals surface area contributed by atoms with Crippen LogP contribution in [-0.4, -0.2) is 26.5 Å². The Balaban J connectivity index is 2.55. The topological polar surface area (TPSA) is 46.2 Å². The second-order valence-electron chi connectivity index (χ2n) is 5.49. The first-order chi connectivity index (χ1) is 8.24. The molecule has 0 aliphatic carbocycles. The van der Waals surface area contributed by atoms with Crippen molar-refractivity contribution in [2.45, 2.75) is 33.1 Å². The molecule has 1 aromatic rings. The largest absolute Gasteiger partial charge is 0.384 e. The van der Waals surface area contributed by atoms with Gasteiger partial charge in [-0.15, -0.1) is 0 Å². The highest BCUT2D eigenvalue weighted by atomic mass is 32.2. The van der Waals surface area contributed by atoms with Crippen LogP contribution in [0.15, 0.2) is 24.3 Å². The minimum absolute atomic E-state index is 0.143. The molecule has 18 heavy (non-hydrogen) atoms. The molecule has 0 unspecified atom stereocenters. The van der Waals surface area contributed by atoms with Gasteiger partial charge in [0.15, 0.2) is 9.84 Å². The molecule has 0 fully saturated rings.